The predicted molar refractivity (Wildman–Crippen MR) is 203 cm³/mol. The van der Waals surface area contributed by atoms with Crippen LogP contribution in [0.15, 0.2) is 41.3 Å². The second kappa shape index (κ2) is 16.8. The normalized spacial score (nSPS) is 15.8. The highest BCUT2D eigenvalue weighted by Gasteiger charge is 2.27. The zero-order chi connectivity index (χ0) is 36.7. The number of piperidine rings is 1. The topological polar surface area (TPSA) is 129 Å². The van der Waals surface area contributed by atoms with Crippen molar-refractivity contribution in [2.45, 2.75) is 111 Å². The number of aromatic nitrogens is 2. The van der Waals surface area contributed by atoms with Gasteiger partial charge in [0.2, 0.25) is 0 Å². The van der Waals surface area contributed by atoms with E-state index in [9.17, 15) is 14.4 Å². The number of hydrogen-bond donors (Lipinski definition) is 3. The number of carbonyl (C=O) groups is 2. The highest BCUT2D eigenvalue weighted by molar-refractivity contribution is 5.99. The first-order valence-electron chi connectivity index (χ1n) is 18.6. The number of rotatable bonds is 11. The summed E-state index contributed by atoms with van der Waals surface area (Å²) < 4.78 is 11.1. The molecule has 0 spiro atoms. The van der Waals surface area contributed by atoms with Crippen LogP contribution in [-0.2, 0) is 22.4 Å². The van der Waals surface area contributed by atoms with Crippen LogP contribution >= 0.6 is 0 Å². The van der Waals surface area contributed by atoms with Gasteiger partial charge in [0.1, 0.15) is 11.4 Å². The Morgan fingerprint density at radius 1 is 1.04 bits per heavy atom. The highest BCUT2D eigenvalue weighted by atomic mass is 16.6. The number of pyridine rings is 2. The van der Waals surface area contributed by atoms with E-state index < -0.39 is 5.60 Å². The molecule has 0 aliphatic carbocycles. The molecule has 2 amide bonds. The van der Waals surface area contributed by atoms with Gasteiger partial charge >= 0.3 is 6.09 Å². The number of benzene rings is 1. The number of hydrogen-bond acceptors (Lipinski definition) is 8. The predicted octanol–water partition coefficient (Wildman–Crippen LogP) is 6.44. The average Bonchev–Trinajstić information content (AvgIpc) is 3.09. The highest BCUT2D eigenvalue weighted by Crippen LogP contribution is 2.34. The summed E-state index contributed by atoms with van der Waals surface area (Å²) in [5.41, 5.74) is 6.04. The Bertz CT molecular complexity index is 1720. The summed E-state index contributed by atoms with van der Waals surface area (Å²) in [5.74, 6) is 0.664. The third-order valence-corrected chi connectivity index (χ3v) is 9.84. The molecule has 1 aromatic carbocycles. The van der Waals surface area contributed by atoms with Gasteiger partial charge in [0, 0.05) is 85.7 Å². The molecule has 11 heteroatoms. The average molecular weight is 701 g/mol. The number of carbonyl (C=O) groups excluding carboxylic acids is 2. The van der Waals surface area contributed by atoms with Gasteiger partial charge in [-0.25, -0.2) is 9.78 Å². The van der Waals surface area contributed by atoms with Crippen molar-refractivity contribution in [3.63, 3.8) is 0 Å². The van der Waals surface area contributed by atoms with E-state index in [0.717, 1.165) is 111 Å². The Hall–Kier alpha value is -4.38. The second-order valence-electron chi connectivity index (χ2n) is 14.8. The molecule has 0 saturated carbocycles. The van der Waals surface area contributed by atoms with E-state index in [1.165, 1.54) is 0 Å². The monoisotopic (exact) mass is 700 g/mol. The zero-order valence-electron chi connectivity index (χ0n) is 31.5. The van der Waals surface area contributed by atoms with Crippen LogP contribution in [0.5, 0.6) is 0 Å². The first-order chi connectivity index (χ1) is 24.4. The van der Waals surface area contributed by atoms with Crippen molar-refractivity contribution >= 4 is 23.5 Å². The number of amides is 2. The molecular formula is C40H56N6O5. The van der Waals surface area contributed by atoms with E-state index in [4.69, 9.17) is 14.5 Å². The fraction of sp³-hybridized carbons (Fsp3) is 0.550. The molecule has 276 valence electrons. The molecule has 3 N–H and O–H groups in total. The lowest BCUT2D eigenvalue weighted by atomic mass is 9.95. The summed E-state index contributed by atoms with van der Waals surface area (Å²) in [5, 5.41) is 6.08. The lowest BCUT2D eigenvalue weighted by molar-refractivity contribution is 0.0497. The van der Waals surface area contributed by atoms with Gasteiger partial charge in [-0.15, -0.1) is 0 Å². The van der Waals surface area contributed by atoms with Crippen LogP contribution in [-0.4, -0.2) is 72.5 Å². The maximum Gasteiger partial charge on any atom is 0.407 e. The van der Waals surface area contributed by atoms with Gasteiger partial charge < -0.3 is 34.9 Å². The summed E-state index contributed by atoms with van der Waals surface area (Å²) in [6, 6.07) is 10.6. The number of aryl methyl sites for hydroxylation is 2. The summed E-state index contributed by atoms with van der Waals surface area (Å²) >= 11 is 0. The SMILES string of the molecule is CCCc1cc(C)[nH]c(=O)c1CNC(=O)c1cc(-c2ccc(N3CCC(NC(=O)OC(C)(C)C)CC3)nc2)cc(N(CC)C2CCOCC2)c1C. The van der Waals surface area contributed by atoms with E-state index in [1.54, 1.807) is 0 Å². The molecule has 5 rings (SSSR count). The summed E-state index contributed by atoms with van der Waals surface area (Å²) in [6.45, 7) is 17.7. The number of nitrogens with zero attached hydrogens (tertiary/aromatic N) is 3. The molecule has 2 aliphatic rings. The number of ether oxygens (including phenoxy) is 2. The molecule has 11 nitrogen and oxygen atoms in total. The van der Waals surface area contributed by atoms with Gasteiger partial charge in [-0.3, -0.25) is 9.59 Å². The van der Waals surface area contributed by atoms with Gasteiger partial charge in [-0.1, -0.05) is 13.3 Å². The minimum absolute atomic E-state index is 0.0609. The maximum atomic E-state index is 14.0. The van der Waals surface area contributed by atoms with Gasteiger partial charge in [-0.05, 0) is 121 Å². The van der Waals surface area contributed by atoms with Crippen molar-refractivity contribution in [2.24, 2.45) is 0 Å². The van der Waals surface area contributed by atoms with Gasteiger partial charge in [-0.2, -0.15) is 0 Å². The number of anilines is 2. The fourth-order valence-electron chi connectivity index (χ4n) is 7.23. The second-order valence-corrected chi connectivity index (χ2v) is 14.8. The van der Waals surface area contributed by atoms with E-state index >= 15 is 0 Å². The Morgan fingerprint density at radius 3 is 2.39 bits per heavy atom. The van der Waals surface area contributed by atoms with E-state index in [2.05, 4.69) is 51.4 Å². The molecule has 2 saturated heterocycles. The first kappa shape index (κ1) is 37.9. The van der Waals surface area contributed by atoms with Crippen molar-refractivity contribution in [2.75, 3.05) is 42.6 Å². The van der Waals surface area contributed by atoms with Gasteiger partial charge in [0.05, 0.1) is 0 Å². The lowest BCUT2D eigenvalue weighted by Gasteiger charge is -2.37. The first-order valence-corrected chi connectivity index (χ1v) is 18.6. The van der Waals surface area contributed by atoms with Crippen molar-refractivity contribution in [1.82, 2.24) is 20.6 Å². The molecule has 0 atom stereocenters. The largest absolute Gasteiger partial charge is 0.444 e. The summed E-state index contributed by atoms with van der Waals surface area (Å²) in [6.07, 6.45) is 6.64. The Kier molecular flexibility index (Phi) is 12.4. The van der Waals surface area contributed by atoms with Crippen LogP contribution in [0.4, 0.5) is 16.3 Å². The summed E-state index contributed by atoms with van der Waals surface area (Å²) in [7, 11) is 0. The summed E-state index contributed by atoms with van der Waals surface area (Å²) in [4.78, 5) is 51.6. The molecule has 0 bridgehead atoms. The Balaban J connectivity index is 1.38. The third-order valence-electron chi connectivity index (χ3n) is 9.84. The molecule has 2 aliphatic heterocycles. The Labute approximate surface area is 302 Å². The van der Waals surface area contributed by atoms with Gasteiger partial charge in [0.25, 0.3) is 11.5 Å². The van der Waals surface area contributed by atoms with Crippen LogP contribution in [0.3, 0.4) is 0 Å². The lowest BCUT2D eigenvalue weighted by Crippen LogP contribution is -2.46. The van der Waals surface area contributed by atoms with Crippen LogP contribution in [0, 0.1) is 13.8 Å². The van der Waals surface area contributed by atoms with Crippen LogP contribution in [0.1, 0.15) is 99.5 Å². The van der Waals surface area contributed by atoms with Crippen molar-refractivity contribution in [3.8, 4) is 11.1 Å². The molecule has 4 heterocycles. The number of alkyl carbamates (subject to hydrolysis) is 1. The third kappa shape index (κ3) is 9.70. The molecule has 0 radical (unpaired) electrons. The van der Waals surface area contributed by atoms with Crippen LogP contribution in [0.2, 0.25) is 0 Å². The minimum atomic E-state index is -0.529. The Morgan fingerprint density at radius 2 is 1.76 bits per heavy atom. The van der Waals surface area contributed by atoms with Crippen LogP contribution in [0.25, 0.3) is 11.1 Å². The van der Waals surface area contributed by atoms with E-state index in [1.807, 2.05) is 59.0 Å². The smallest absolute Gasteiger partial charge is 0.407 e. The van der Waals surface area contributed by atoms with Crippen LogP contribution < -0.4 is 26.0 Å². The van der Waals surface area contributed by atoms with Crippen molar-refractivity contribution in [3.05, 3.63) is 74.8 Å². The van der Waals surface area contributed by atoms with E-state index in [-0.39, 0.29) is 30.1 Å². The molecule has 3 aromatic rings. The molecular weight excluding hydrogens is 644 g/mol. The van der Waals surface area contributed by atoms with Gasteiger partial charge in [0.15, 0.2) is 0 Å². The quantitative estimate of drug-likeness (QED) is 0.209. The molecule has 51 heavy (non-hydrogen) atoms. The van der Waals surface area contributed by atoms with Crippen molar-refractivity contribution in [1.29, 1.82) is 0 Å². The van der Waals surface area contributed by atoms with E-state index in [0.29, 0.717) is 17.2 Å². The maximum absolute atomic E-state index is 14.0. The number of aromatic amines is 1. The van der Waals surface area contributed by atoms with Crippen molar-refractivity contribution < 1.29 is 19.1 Å². The number of nitrogens with one attached hydrogen (secondary N) is 3. The number of H-pyrrole nitrogens is 1. The minimum Gasteiger partial charge on any atom is -0.444 e. The molecule has 2 fully saturated rings. The standard InChI is InChI=1S/C40H56N6O5/c1-8-10-28-21-26(3)43-38(48)34(28)25-42-37(47)33-22-30(23-35(27(33)4)46(9-2)32-15-19-50-20-16-32)29-11-12-36(41-24-29)45-17-13-31(14-18-45)44-39(49)51-40(5,6)7/h11-12,21-24,31-32H,8-10,13-20,25H2,1-7H3,(H,42,47)(H,43,48)(H,44,49). The fourth-order valence-corrected chi connectivity index (χ4v) is 7.23. The molecule has 2 aromatic heterocycles. The zero-order valence-corrected chi connectivity index (χ0v) is 31.5. The molecule has 0 unspecified atom stereocenters.